The van der Waals surface area contributed by atoms with Gasteiger partial charge in [0, 0.05) is 24.1 Å². The van der Waals surface area contributed by atoms with E-state index in [4.69, 9.17) is 10.5 Å². The molecule has 0 bridgehead atoms. The SMILES string of the molecule is COc1cc(N)ccc1NC(=O)CSc1ncccn1. The Kier molecular flexibility index (Phi) is 4.78. The summed E-state index contributed by atoms with van der Waals surface area (Å²) in [5.41, 5.74) is 6.82. The first-order valence-corrected chi connectivity index (χ1v) is 6.81. The molecule has 0 unspecified atom stereocenters. The minimum atomic E-state index is -0.162. The Morgan fingerprint density at radius 1 is 1.40 bits per heavy atom. The number of thioether (sulfide) groups is 1. The summed E-state index contributed by atoms with van der Waals surface area (Å²) in [7, 11) is 1.52. The van der Waals surface area contributed by atoms with Crippen molar-refractivity contribution >= 4 is 29.0 Å². The number of hydrogen-bond acceptors (Lipinski definition) is 6. The van der Waals surface area contributed by atoms with Crippen molar-refractivity contribution in [2.45, 2.75) is 5.16 Å². The van der Waals surface area contributed by atoms with E-state index in [0.29, 0.717) is 22.3 Å². The van der Waals surface area contributed by atoms with Gasteiger partial charge in [0.05, 0.1) is 18.6 Å². The third-order valence-corrected chi connectivity index (χ3v) is 3.25. The Labute approximate surface area is 120 Å². The number of nitrogens with one attached hydrogen (secondary N) is 1. The van der Waals surface area contributed by atoms with Gasteiger partial charge in [-0.2, -0.15) is 0 Å². The zero-order valence-corrected chi connectivity index (χ0v) is 11.7. The van der Waals surface area contributed by atoms with Crippen molar-refractivity contribution in [3.05, 3.63) is 36.7 Å². The Hall–Kier alpha value is -2.28. The molecule has 2 aromatic rings. The van der Waals surface area contributed by atoms with Gasteiger partial charge in [-0.3, -0.25) is 4.79 Å². The molecule has 0 saturated heterocycles. The highest BCUT2D eigenvalue weighted by Gasteiger charge is 2.09. The molecule has 6 nitrogen and oxygen atoms in total. The maximum absolute atomic E-state index is 11.9. The number of benzene rings is 1. The van der Waals surface area contributed by atoms with Crippen LogP contribution in [0.25, 0.3) is 0 Å². The van der Waals surface area contributed by atoms with Crippen LogP contribution in [-0.2, 0) is 4.79 Å². The van der Waals surface area contributed by atoms with Gasteiger partial charge < -0.3 is 15.8 Å². The standard InChI is InChI=1S/C13H14N4O2S/c1-19-11-7-9(14)3-4-10(11)17-12(18)8-20-13-15-5-2-6-16-13/h2-7H,8,14H2,1H3,(H,17,18). The van der Waals surface area contributed by atoms with Crippen LogP contribution in [0.1, 0.15) is 0 Å². The minimum Gasteiger partial charge on any atom is -0.494 e. The highest BCUT2D eigenvalue weighted by molar-refractivity contribution is 7.99. The van der Waals surface area contributed by atoms with Crippen LogP contribution in [0.3, 0.4) is 0 Å². The lowest BCUT2D eigenvalue weighted by Gasteiger charge is -2.10. The fraction of sp³-hybridized carbons (Fsp3) is 0.154. The number of aromatic nitrogens is 2. The van der Waals surface area contributed by atoms with Gasteiger partial charge in [0.25, 0.3) is 0 Å². The first kappa shape index (κ1) is 14.1. The first-order chi connectivity index (χ1) is 9.69. The van der Waals surface area contributed by atoms with Crippen molar-refractivity contribution in [1.82, 2.24) is 9.97 Å². The number of rotatable bonds is 5. The van der Waals surface area contributed by atoms with E-state index in [1.165, 1.54) is 18.9 Å². The summed E-state index contributed by atoms with van der Waals surface area (Å²) in [6.45, 7) is 0. The summed E-state index contributed by atoms with van der Waals surface area (Å²) < 4.78 is 5.16. The third kappa shape index (κ3) is 3.86. The van der Waals surface area contributed by atoms with Crippen molar-refractivity contribution in [3.63, 3.8) is 0 Å². The number of nitrogens with zero attached hydrogens (tertiary/aromatic N) is 2. The highest BCUT2D eigenvalue weighted by atomic mass is 32.2. The molecular weight excluding hydrogens is 276 g/mol. The number of anilines is 2. The van der Waals surface area contributed by atoms with Crippen LogP contribution in [-0.4, -0.2) is 28.7 Å². The van der Waals surface area contributed by atoms with Gasteiger partial charge in [0.2, 0.25) is 5.91 Å². The van der Waals surface area contributed by atoms with E-state index < -0.39 is 0 Å². The molecule has 0 saturated carbocycles. The number of nitrogens with two attached hydrogens (primary N) is 1. The topological polar surface area (TPSA) is 90.1 Å². The van der Waals surface area contributed by atoms with Crippen LogP contribution < -0.4 is 15.8 Å². The number of nitrogen functional groups attached to an aromatic ring is 1. The van der Waals surface area contributed by atoms with E-state index in [0.717, 1.165) is 0 Å². The second-order valence-electron chi connectivity index (χ2n) is 3.83. The maximum atomic E-state index is 11.9. The summed E-state index contributed by atoms with van der Waals surface area (Å²) in [5, 5.41) is 3.32. The predicted molar refractivity (Wildman–Crippen MR) is 78.8 cm³/mol. The number of carbonyl (C=O) groups is 1. The molecule has 1 heterocycles. The molecule has 0 atom stereocenters. The molecule has 20 heavy (non-hydrogen) atoms. The van der Waals surface area contributed by atoms with Crippen molar-refractivity contribution < 1.29 is 9.53 Å². The zero-order valence-electron chi connectivity index (χ0n) is 10.9. The lowest BCUT2D eigenvalue weighted by Crippen LogP contribution is -2.15. The van der Waals surface area contributed by atoms with Crippen molar-refractivity contribution in [2.75, 3.05) is 23.9 Å². The van der Waals surface area contributed by atoms with Gasteiger partial charge in [-0.25, -0.2) is 9.97 Å². The molecule has 0 aliphatic heterocycles. The molecule has 2 rings (SSSR count). The molecule has 7 heteroatoms. The summed E-state index contributed by atoms with van der Waals surface area (Å²) in [4.78, 5) is 19.9. The molecule has 0 spiro atoms. The van der Waals surface area contributed by atoms with Gasteiger partial charge in [0.15, 0.2) is 5.16 Å². The van der Waals surface area contributed by atoms with Crippen molar-refractivity contribution in [3.8, 4) is 5.75 Å². The molecule has 0 aliphatic rings. The molecule has 1 amide bonds. The average molecular weight is 290 g/mol. The monoisotopic (exact) mass is 290 g/mol. The normalized spacial score (nSPS) is 10.1. The van der Waals surface area contributed by atoms with Gasteiger partial charge in [-0.1, -0.05) is 11.8 Å². The Morgan fingerprint density at radius 3 is 2.85 bits per heavy atom. The Bertz CT molecular complexity index is 592. The minimum absolute atomic E-state index is 0.162. The smallest absolute Gasteiger partial charge is 0.234 e. The molecule has 0 fully saturated rings. The maximum Gasteiger partial charge on any atom is 0.234 e. The molecule has 1 aromatic carbocycles. The summed E-state index contributed by atoms with van der Waals surface area (Å²) in [6, 6.07) is 6.79. The van der Waals surface area contributed by atoms with E-state index >= 15 is 0 Å². The quantitative estimate of drug-likeness (QED) is 0.496. The second-order valence-corrected chi connectivity index (χ2v) is 4.77. The number of carbonyl (C=O) groups excluding carboxylic acids is 1. The van der Waals surface area contributed by atoms with Crippen molar-refractivity contribution in [2.24, 2.45) is 0 Å². The average Bonchev–Trinajstić information content (AvgIpc) is 2.48. The number of methoxy groups -OCH3 is 1. The molecule has 104 valence electrons. The number of ether oxygens (including phenoxy) is 1. The van der Waals surface area contributed by atoms with Gasteiger partial charge in [-0.15, -0.1) is 0 Å². The van der Waals surface area contributed by atoms with Crippen molar-refractivity contribution in [1.29, 1.82) is 0 Å². The van der Waals surface area contributed by atoms with Crippen LogP contribution in [0, 0.1) is 0 Å². The molecule has 3 N–H and O–H groups in total. The lowest BCUT2D eigenvalue weighted by molar-refractivity contribution is -0.113. The molecule has 0 aliphatic carbocycles. The van der Waals surface area contributed by atoms with Crippen LogP contribution >= 0.6 is 11.8 Å². The number of amides is 1. The summed E-state index contributed by atoms with van der Waals surface area (Å²) >= 11 is 1.26. The van der Waals surface area contributed by atoms with E-state index in [1.54, 1.807) is 36.7 Å². The third-order valence-electron chi connectivity index (χ3n) is 2.37. The van der Waals surface area contributed by atoms with Gasteiger partial charge in [-0.05, 0) is 18.2 Å². The van der Waals surface area contributed by atoms with E-state index in [9.17, 15) is 4.79 Å². The largest absolute Gasteiger partial charge is 0.494 e. The second kappa shape index (κ2) is 6.76. The first-order valence-electron chi connectivity index (χ1n) is 5.82. The predicted octanol–water partition coefficient (Wildman–Crippen LogP) is 1.80. The Morgan fingerprint density at radius 2 is 2.15 bits per heavy atom. The van der Waals surface area contributed by atoms with E-state index in [1.807, 2.05) is 0 Å². The van der Waals surface area contributed by atoms with Crippen LogP contribution in [0.2, 0.25) is 0 Å². The number of hydrogen-bond donors (Lipinski definition) is 2. The van der Waals surface area contributed by atoms with Crippen LogP contribution in [0.15, 0.2) is 41.8 Å². The Balaban J connectivity index is 1.95. The fourth-order valence-electron chi connectivity index (χ4n) is 1.49. The molecular formula is C13H14N4O2S. The fourth-order valence-corrected chi connectivity index (χ4v) is 2.09. The summed E-state index contributed by atoms with van der Waals surface area (Å²) in [5.74, 6) is 0.585. The van der Waals surface area contributed by atoms with Gasteiger partial charge >= 0.3 is 0 Å². The molecule has 0 radical (unpaired) electrons. The lowest BCUT2D eigenvalue weighted by atomic mass is 10.2. The van der Waals surface area contributed by atoms with Gasteiger partial charge in [0.1, 0.15) is 5.75 Å². The molecule has 1 aromatic heterocycles. The van der Waals surface area contributed by atoms with Crippen LogP contribution in [0.5, 0.6) is 5.75 Å². The highest BCUT2D eigenvalue weighted by Crippen LogP contribution is 2.26. The van der Waals surface area contributed by atoms with E-state index in [-0.39, 0.29) is 11.7 Å². The zero-order chi connectivity index (χ0) is 14.4. The summed E-state index contributed by atoms with van der Waals surface area (Å²) in [6.07, 6.45) is 3.27. The van der Waals surface area contributed by atoms with Crippen LogP contribution in [0.4, 0.5) is 11.4 Å². The van der Waals surface area contributed by atoms with E-state index in [2.05, 4.69) is 15.3 Å².